The number of fused-ring (bicyclic) bond motifs is 2. The molecule has 3 rings (SSSR count). The van der Waals surface area contributed by atoms with Crippen molar-refractivity contribution in [3.05, 3.63) is 33.7 Å². The maximum Gasteiger partial charge on any atom is 0.336 e. The first kappa shape index (κ1) is 9.08. The van der Waals surface area contributed by atoms with Crippen LogP contribution in [0.5, 0.6) is 0 Å². The highest BCUT2D eigenvalue weighted by atomic mass is 16.4. The zero-order valence-electron chi connectivity index (χ0n) is 8.87. The molecule has 0 radical (unpaired) electrons. The first-order valence-corrected chi connectivity index (χ1v) is 4.91. The van der Waals surface area contributed by atoms with Crippen LogP contribution in [-0.4, -0.2) is 15.4 Å². The number of nitrogens with zero attached hydrogens (tertiary/aromatic N) is 2. The molecular weight excluding hydrogens is 206 g/mol. The van der Waals surface area contributed by atoms with Gasteiger partial charge >= 0.3 is 5.63 Å². The van der Waals surface area contributed by atoms with E-state index in [0.717, 1.165) is 27.5 Å². The molecule has 16 heavy (non-hydrogen) atoms. The van der Waals surface area contributed by atoms with Crippen molar-refractivity contribution in [3.8, 4) is 0 Å². The SMILES string of the molecule is Cc1cc(=O)oc2c(C)c3n[nH]nc3cc12. The highest BCUT2D eigenvalue weighted by Gasteiger charge is 2.11. The number of nitrogens with one attached hydrogen (secondary N) is 1. The second kappa shape index (κ2) is 2.91. The van der Waals surface area contributed by atoms with E-state index in [9.17, 15) is 4.79 Å². The Morgan fingerprint density at radius 2 is 2.06 bits per heavy atom. The maximum absolute atomic E-state index is 11.3. The minimum absolute atomic E-state index is 0.337. The smallest absolute Gasteiger partial charge is 0.336 e. The highest BCUT2D eigenvalue weighted by molar-refractivity contribution is 5.96. The van der Waals surface area contributed by atoms with Crippen LogP contribution >= 0.6 is 0 Å². The van der Waals surface area contributed by atoms with Gasteiger partial charge in [-0.3, -0.25) is 0 Å². The summed E-state index contributed by atoms with van der Waals surface area (Å²) in [5.74, 6) is 0. The molecule has 1 aromatic carbocycles. The number of hydrogen-bond acceptors (Lipinski definition) is 4. The van der Waals surface area contributed by atoms with E-state index in [0.29, 0.717) is 5.58 Å². The number of hydrogen-bond donors (Lipinski definition) is 1. The fraction of sp³-hybridized carbons (Fsp3) is 0.182. The Hall–Kier alpha value is -2.17. The molecule has 0 saturated carbocycles. The molecule has 1 N–H and O–H groups in total. The van der Waals surface area contributed by atoms with Crippen LogP contribution in [0.25, 0.3) is 22.0 Å². The number of benzene rings is 1. The highest BCUT2D eigenvalue weighted by Crippen LogP contribution is 2.25. The Kier molecular flexibility index (Phi) is 1.65. The van der Waals surface area contributed by atoms with Crippen molar-refractivity contribution >= 4 is 22.0 Å². The van der Waals surface area contributed by atoms with Gasteiger partial charge in [-0.25, -0.2) is 4.79 Å². The van der Waals surface area contributed by atoms with E-state index in [1.807, 2.05) is 19.9 Å². The summed E-state index contributed by atoms with van der Waals surface area (Å²) in [6.45, 7) is 3.75. The van der Waals surface area contributed by atoms with Gasteiger partial charge in [0.2, 0.25) is 0 Å². The number of rotatable bonds is 0. The predicted molar refractivity (Wildman–Crippen MR) is 59.4 cm³/mol. The first-order chi connectivity index (χ1) is 7.66. The quantitative estimate of drug-likeness (QED) is 0.579. The summed E-state index contributed by atoms with van der Waals surface area (Å²) in [5, 5.41) is 11.5. The predicted octanol–water partition coefficient (Wildman–Crippen LogP) is 1.68. The van der Waals surface area contributed by atoms with Crippen LogP contribution in [0.4, 0.5) is 0 Å². The monoisotopic (exact) mass is 215 g/mol. The van der Waals surface area contributed by atoms with Crippen LogP contribution < -0.4 is 5.63 Å². The second-order valence-electron chi connectivity index (χ2n) is 3.82. The van der Waals surface area contributed by atoms with Gasteiger partial charge in [0.05, 0.1) is 0 Å². The molecule has 5 nitrogen and oxygen atoms in total. The summed E-state index contributed by atoms with van der Waals surface area (Å²) >= 11 is 0. The minimum Gasteiger partial charge on any atom is -0.422 e. The molecule has 0 bridgehead atoms. The molecule has 0 atom stereocenters. The average Bonchev–Trinajstić information content (AvgIpc) is 2.68. The molecule has 0 unspecified atom stereocenters. The fourth-order valence-electron chi connectivity index (χ4n) is 1.94. The maximum atomic E-state index is 11.3. The van der Waals surface area contributed by atoms with Crippen LogP contribution in [0.2, 0.25) is 0 Å². The summed E-state index contributed by atoms with van der Waals surface area (Å²) in [6.07, 6.45) is 0. The lowest BCUT2D eigenvalue weighted by atomic mass is 10.1. The third kappa shape index (κ3) is 1.08. The van der Waals surface area contributed by atoms with Gasteiger partial charge in [-0.05, 0) is 25.5 Å². The van der Waals surface area contributed by atoms with Crippen molar-refractivity contribution in [2.45, 2.75) is 13.8 Å². The molecule has 2 heterocycles. The second-order valence-corrected chi connectivity index (χ2v) is 3.82. The summed E-state index contributed by atoms with van der Waals surface area (Å²) in [7, 11) is 0. The molecular formula is C11H9N3O2. The van der Waals surface area contributed by atoms with Gasteiger partial charge in [-0.2, -0.15) is 15.4 Å². The van der Waals surface area contributed by atoms with Gasteiger partial charge in [0.15, 0.2) is 0 Å². The van der Waals surface area contributed by atoms with Crippen molar-refractivity contribution in [2.24, 2.45) is 0 Å². The van der Waals surface area contributed by atoms with Crippen LogP contribution in [0, 0.1) is 13.8 Å². The van der Waals surface area contributed by atoms with E-state index < -0.39 is 0 Å². The van der Waals surface area contributed by atoms with Crippen LogP contribution in [0.15, 0.2) is 21.3 Å². The summed E-state index contributed by atoms with van der Waals surface area (Å²) in [4.78, 5) is 11.3. The molecule has 0 amide bonds. The largest absolute Gasteiger partial charge is 0.422 e. The molecule has 5 heteroatoms. The van der Waals surface area contributed by atoms with Crippen molar-refractivity contribution in [1.82, 2.24) is 15.4 Å². The van der Waals surface area contributed by atoms with Gasteiger partial charge < -0.3 is 4.42 Å². The summed E-state index contributed by atoms with van der Waals surface area (Å²) in [5.41, 5.74) is 3.49. The zero-order valence-corrected chi connectivity index (χ0v) is 8.87. The van der Waals surface area contributed by atoms with E-state index in [1.54, 1.807) is 0 Å². The van der Waals surface area contributed by atoms with Crippen LogP contribution in [0.3, 0.4) is 0 Å². The van der Waals surface area contributed by atoms with Crippen LogP contribution in [0.1, 0.15) is 11.1 Å². The molecule has 0 fully saturated rings. The zero-order chi connectivity index (χ0) is 11.3. The molecule has 2 aromatic heterocycles. The van der Waals surface area contributed by atoms with Gasteiger partial charge in [-0.1, -0.05) is 0 Å². The van der Waals surface area contributed by atoms with Crippen molar-refractivity contribution < 1.29 is 4.42 Å². The van der Waals surface area contributed by atoms with Gasteiger partial charge in [0.25, 0.3) is 0 Å². The lowest BCUT2D eigenvalue weighted by molar-refractivity contribution is 0.558. The lowest BCUT2D eigenvalue weighted by Gasteiger charge is -2.02. The van der Waals surface area contributed by atoms with E-state index in [2.05, 4.69) is 15.4 Å². The molecule has 0 aliphatic heterocycles. The van der Waals surface area contributed by atoms with Crippen molar-refractivity contribution in [1.29, 1.82) is 0 Å². The molecule has 0 saturated heterocycles. The summed E-state index contributed by atoms with van der Waals surface area (Å²) in [6, 6.07) is 3.35. The molecule has 0 spiro atoms. The Bertz CT molecular complexity index is 755. The first-order valence-electron chi connectivity index (χ1n) is 4.91. The number of aryl methyl sites for hydroxylation is 2. The Balaban J connectivity index is 2.66. The van der Waals surface area contributed by atoms with E-state index in [-0.39, 0.29) is 5.63 Å². The third-order valence-corrected chi connectivity index (χ3v) is 2.76. The van der Waals surface area contributed by atoms with E-state index >= 15 is 0 Å². The summed E-state index contributed by atoms with van der Waals surface area (Å²) < 4.78 is 5.21. The molecule has 3 aromatic rings. The molecule has 0 aliphatic rings. The van der Waals surface area contributed by atoms with E-state index in [4.69, 9.17) is 4.42 Å². The standard InChI is InChI=1S/C11H9N3O2/c1-5-3-9(15)16-11-6(2)10-8(4-7(5)11)12-14-13-10/h3-4H,1-2H3,(H,12,13,14). The minimum atomic E-state index is -0.337. The third-order valence-electron chi connectivity index (χ3n) is 2.76. The molecule has 0 aliphatic carbocycles. The van der Waals surface area contributed by atoms with Gasteiger partial charge in [0, 0.05) is 17.0 Å². The average molecular weight is 215 g/mol. The van der Waals surface area contributed by atoms with Crippen molar-refractivity contribution in [3.63, 3.8) is 0 Å². The van der Waals surface area contributed by atoms with E-state index in [1.165, 1.54) is 6.07 Å². The normalized spacial score (nSPS) is 11.4. The van der Waals surface area contributed by atoms with Gasteiger partial charge in [-0.15, -0.1) is 0 Å². The fourth-order valence-corrected chi connectivity index (χ4v) is 1.94. The lowest BCUT2D eigenvalue weighted by Crippen LogP contribution is -1.99. The number of aromatic amines is 1. The van der Waals surface area contributed by atoms with Crippen LogP contribution in [-0.2, 0) is 0 Å². The van der Waals surface area contributed by atoms with Crippen molar-refractivity contribution in [2.75, 3.05) is 0 Å². The number of aromatic nitrogens is 3. The number of H-pyrrole nitrogens is 1. The Morgan fingerprint density at radius 3 is 2.88 bits per heavy atom. The Labute approximate surface area is 90.1 Å². The topological polar surface area (TPSA) is 71.8 Å². The van der Waals surface area contributed by atoms with Gasteiger partial charge in [0.1, 0.15) is 16.6 Å². The molecule has 80 valence electrons. The Morgan fingerprint density at radius 1 is 1.25 bits per heavy atom.